The van der Waals surface area contributed by atoms with Gasteiger partial charge in [0.2, 0.25) is 5.91 Å². The minimum atomic E-state index is -4.11. The van der Waals surface area contributed by atoms with Crippen molar-refractivity contribution in [1.82, 2.24) is 5.32 Å². The van der Waals surface area contributed by atoms with E-state index in [2.05, 4.69) is 17.4 Å². The standard InChI is InChI=1S/C27H28ClFN2O3S/c1-2-26(21-13-12-19-8-6-7-9-20(19)16-21)30-27(32)18-31(22-14-15-25(29)24(28)17-22)35(33,34)23-10-4-3-5-11-23/h3-5,10-17,26H,2,6-9,18H2,1H3,(H,30,32)/t26-/m1/s1. The van der Waals surface area contributed by atoms with E-state index in [0.717, 1.165) is 35.2 Å². The predicted octanol–water partition coefficient (Wildman–Crippen LogP) is 5.82. The Hall–Kier alpha value is -2.90. The van der Waals surface area contributed by atoms with Crippen LogP contribution in [0.2, 0.25) is 5.02 Å². The average molecular weight is 515 g/mol. The Morgan fingerprint density at radius 1 is 1.03 bits per heavy atom. The second kappa shape index (κ2) is 10.8. The maximum Gasteiger partial charge on any atom is 0.264 e. The van der Waals surface area contributed by atoms with Gasteiger partial charge in [-0.05, 0) is 79.1 Å². The zero-order valence-electron chi connectivity index (χ0n) is 19.5. The van der Waals surface area contributed by atoms with Crippen molar-refractivity contribution in [3.05, 3.63) is 94.3 Å². The van der Waals surface area contributed by atoms with Crippen molar-refractivity contribution in [2.75, 3.05) is 10.8 Å². The highest BCUT2D eigenvalue weighted by Gasteiger charge is 2.28. The number of sulfonamides is 1. The smallest absolute Gasteiger partial charge is 0.264 e. The number of nitrogens with one attached hydrogen (secondary N) is 1. The number of fused-ring (bicyclic) bond motifs is 1. The quantitative estimate of drug-likeness (QED) is 0.412. The second-order valence-corrected chi connectivity index (χ2v) is 11.0. The molecule has 3 aromatic rings. The van der Waals surface area contributed by atoms with Crippen LogP contribution in [0.1, 0.15) is 48.9 Å². The van der Waals surface area contributed by atoms with E-state index in [0.29, 0.717) is 6.42 Å². The number of carbonyl (C=O) groups is 1. The lowest BCUT2D eigenvalue weighted by atomic mass is 9.89. The molecule has 8 heteroatoms. The van der Waals surface area contributed by atoms with Crippen molar-refractivity contribution < 1.29 is 17.6 Å². The number of aryl methyl sites for hydroxylation is 2. The van der Waals surface area contributed by atoms with Gasteiger partial charge in [-0.2, -0.15) is 0 Å². The number of carbonyl (C=O) groups excluding carboxylic acids is 1. The first-order valence-corrected chi connectivity index (χ1v) is 13.6. The van der Waals surface area contributed by atoms with Gasteiger partial charge in [-0.25, -0.2) is 12.8 Å². The van der Waals surface area contributed by atoms with Crippen molar-refractivity contribution >= 4 is 33.2 Å². The predicted molar refractivity (Wildman–Crippen MR) is 137 cm³/mol. The average Bonchev–Trinajstić information content (AvgIpc) is 2.87. The van der Waals surface area contributed by atoms with E-state index in [4.69, 9.17) is 11.6 Å². The topological polar surface area (TPSA) is 66.5 Å². The lowest BCUT2D eigenvalue weighted by molar-refractivity contribution is -0.120. The Labute approximate surface area is 211 Å². The van der Waals surface area contributed by atoms with Crippen LogP contribution in [-0.4, -0.2) is 20.9 Å². The van der Waals surface area contributed by atoms with Crippen molar-refractivity contribution in [3.63, 3.8) is 0 Å². The monoisotopic (exact) mass is 514 g/mol. The van der Waals surface area contributed by atoms with E-state index in [1.807, 2.05) is 13.0 Å². The molecule has 0 bridgehead atoms. The van der Waals surface area contributed by atoms with Crippen LogP contribution in [0.25, 0.3) is 0 Å². The molecule has 3 aromatic carbocycles. The van der Waals surface area contributed by atoms with Crippen molar-refractivity contribution in [1.29, 1.82) is 0 Å². The molecule has 1 N–H and O–H groups in total. The number of halogens is 2. The number of anilines is 1. The summed E-state index contributed by atoms with van der Waals surface area (Å²) in [4.78, 5) is 13.2. The van der Waals surface area contributed by atoms with Gasteiger partial charge in [-0.15, -0.1) is 0 Å². The Morgan fingerprint density at radius 2 is 1.74 bits per heavy atom. The fourth-order valence-corrected chi connectivity index (χ4v) is 6.05. The molecule has 5 nitrogen and oxygen atoms in total. The molecule has 4 rings (SSSR count). The SMILES string of the molecule is CC[C@@H](NC(=O)CN(c1ccc(F)c(Cl)c1)S(=O)(=O)c1ccccc1)c1ccc2c(c1)CCCC2. The Kier molecular flexibility index (Phi) is 7.77. The van der Waals surface area contributed by atoms with Crippen LogP contribution in [0.5, 0.6) is 0 Å². The number of hydrogen-bond acceptors (Lipinski definition) is 3. The summed E-state index contributed by atoms with van der Waals surface area (Å²) in [7, 11) is -4.11. The van der Waals surface area contributed by atoms with Crippen LogP contribution < -0.4 is 9.62 Å². The summed E-state index contributed by atoms with van der Waals surface area (Å²) >= 11 is 5.94. The Balaban J connectivity index is 1.61. The molecule has 1 atom stereocenters. The molecular weight excluding hydrogens is 487 g/mol. The number of benzene rings is 3. The van der Waals surface area contributed by atoms with Crippen LogP contribution in [0.15, 0.2) is 71.6 Å². The van der Waals surface area contributed by atoms with Gasteiger partial charge in [0.1, 0.15) is 12.4 Å². The molecule has 0 spiro atoms. The number of hydrogen-bond donors (Lipinski definition) is 1. The largest absolute Gasteiger partial charge is 0.348 e. The van der Waals surface area contributed by atoms with Crippen LogP contribution in [0, 0.1) is 5.82 Å². The molecule has 0 saturated heterocycles. The van der Waals surface area contributed by atoms with E-state index >= 15 is 0 Å². The molecule has 1 amide bonds. The van der Waals surface area contributed by atoms with Gasteiger partial charge in [0.15, 0.2) is 0 Å². The number of nitrogens with zero attached hydrogens (tertiary/aromatic N) is 1. The number of rotatable bonds is 8. The fraction of sp³-hybridized carbons (Fsp3) is 0.296. The molecule has 0 aromatic heterocycles. The van der Waals surface area contributed by atoms with E-state index in [9.17, 15) is 17.6 Å². The summed E-state index contributed by atoms with van der Waals surface area (Å²) < 4.78 is 41.7. The van der Waals surface area contributed by atoms with Gasteiger partial charge in [-0.3, -0.25) is 9.10 Å². The zero-order chi connectivity index (χ0) is 25.0. The first kappa shape index (κ1) is 25.2. The van der Waals surface area contributed by atoms with Crippen LogP contribution in [0.4, 0.5) is 10.1 Å². The van der Waals surface area contributed by atoms with E-state index < -0.39 is 28.3 Å². The first-order chi connectivity index (χ1) is 16.8. The van der Waals surface area contributed by atoms with Gasteiger partial charge < -0.3 is 5.32 Å². The summed E-state index contributed by atoms with van der Waals surface area (Å²) in [6.07, 6.45) is 5.11. The van der Waals surface area contributed by atoms with Crippen LogP contribution in [0.3, 0.4) is 0 Å². The maximum atomic E-state index is 13.8. The minimum absolute atomic E-state index is 0.0231. The number of amides is 1. The highest BCUT2D eigenvalue weighted by atomic mass is 35.5. The summed E-state index contributed by atoms with van der Waals surface area (Å²) in [6.45, 7) is 1.50. The van der Waals surface area contributed by atoms with E-state index in [1.54, 1.807) is 18.2 Å². The first-order valence-electron chi connectivity index (χ1n) is 11.7. The second-order valence-electron chi connectivity index (χ2n) is 8.69. The highest BCUT2D eigenvalue weighted by molar-refractivity contribution is 7.92. The summed E-state index contributed by atoms with van der Waals surface area (Å²) in [5.74, 6) is -1.13. The van der Waals surface area contributed by atoms with Gasteiger partial charge in [0.25, 0.3) is 10.0 Å². The van der Waals surface area contributed by atoms with Crippen molar-refractivity contribution in [2.45, 2.75) is 50.0 Å². The van der Waals surface area contributed by atoms with Gasteiger partial charge >= 0.3 is 0 Å². The molecule has 0 fully saturated rings. The maximum absolute atomic E-state index is 13.8. The lowest BCUT2D eigenvalue weighted by Gasteiger charge is -2.26. The Morgan fingerprint density at radius 3 is 2.43 bits per heavy atom. The molecule has 0 heterocycles. The van der Waals surface area contributed by atoms with Crippen LogP contribution in [-0.2, 0) is 27.7 Å². The van der Waals surface area contributed by atoms with E-state index in [1.165, 1.54) is 41.8 Å². The van der Waals surface area contributed by atoms with Crippen molar-refractivity contribution in [3.8, 4) is 0 Å². The summed E-state index contributed by atoms with van der Waals surface area (Å²) in [5, 5.41) is 2.76. The molecular formula is C27H28ClFN2O3S. The van der Waals surface area contributed by atoms with Gasteiger partial charge in [0.05, 0.1) is 21.6 Å². The normalized spacial score (nSPS) is 14.1. The van der Waals surface area contributed by atoms with E-state index in [-0.39, 0.29) is 21.6 Å². The van der Waals surface area contributed by atoms with Crippen molar-refractivity contribution in [2.24, 2.45) is 0 Å². The molecule has 0 aliphatic heterocycles. The third kappa shape index (κ3) is 5.68. The zero-order valence-corrected chi connectivity index (χ0v) is 21.1. The molecule has 0 unspecified atom stereocenters. The third-order valence-corrected chi connectivity index (χ3v) is 8.41. The minimum Gasteiger partial charge on any atom is -0.348 e. The summed E-state index contributed by atoms with van der Waals surface area (Å²) in [6, 6.07) is 17.5. The molecule has 1 aliphatic rings. The summed E-state index contributed by atoms with van der Waals surface area (Å²) in [5.41, 5.74) is 3.78. The van der Waals surface area contributed by atoms with Gasteiger partial charge in [-0.1, -0.05) is 54.9 Å². The van der Waals surface area contributed by atoms with Gasteiger partial charge in [0, 0.05) is 0 Å². The molecule has 0 saturated carbocycles. The van der Waals surface area contributed by atoms with Crippen LogP contribution >= 0.6 is 11.6 Å². The lowest BCUT2D eigenvalue weighted by Crippen LogP contribution is -2.42. The molecule has 184 valence electrons. The fourth-order valence-electron chi connectivity index (χ4n) is 4.44. The molecule has 1 aliphatic carbocycles. The molecule has 35 heavy (non-hydrogen) atoms. The molecule has 0 radical (unpaired) electrons. The third-order valence-electron chi connectivity index (χ3n) is 6.33. The Bertz CT molecular complexity index is 1320. The highest BCUT2D eigenvalue weighted by Crippen LogP contribution is 2.29.